The number of thioether (sulfide) groups is 1. The van der Waals surface area contributed by atoms with Gasteiger partial charge in [-0.05, 0) is 36.8 Å². The van der Waals surface area contributed by atoms with Crippen LogP contribution in [0.5, 0.6) is 5.75 Å². The largest absolute Gasteiger partial charge is 0.497 e. The van der Waals surface area contributed by atoms with E-state index in [4.69, 9.17) is 4.74 Å². The summed E-state index contributed by atoms with van der Waals surface area (Å²) in [4.78, 5) is 16.5. The maximum Gasteiger partial charge on any atom is 0.244 e. The first-order valence-electron chi connectivity index (χ1n) is 8.20. The maximum absolute atomic E-state index is 12.3. The van der Waals surface area contributed by atoms with Crippen molar-refractivity contribution in [2.24, 2.45) is 0 Å². The molecule has 7 nitrogen and oxygen atoms in total. The summed E-state index contributed by atoms with van der Waals surface area (Å²) in [7, 11) is 1.02. The third kappa shape index (κ3) is 5.69. The number of nitrogens with zero attached hydrogens (tertiary/aromatic N) is 2. The van der Waals surface area contributed by atoms with Crippen molar-refractivity contribution in [1.82, 2.24) is 14.6 Å². The first kappa shape index (κ1) is 21.2. The fourth-order valence-corrected chi connectivity index (χ4v) is 3.77. The maximum atomic E-state index is 12.3. The summed E-state index contributed by atoms with van der Waals surface area (Å²) < 4.78 is 30.3. The number of rotatable bonds is 8. The van der Waals surface area contributed by atoms with E-state index in [0.29, 0.717) is 11.6 Å². The second-order valence-electron chi connectivity index (χ2n) is 5.95. The molecule has 0 spiro atoms. The highest BCUT2D eigenvalue weighted by Gasteiger charge is 2.19. The van der Waals surface area contributed by atoms with Gasteiger partial charge >= 0.3 is 0 Å². The highest BCUT2D eigenvalue weighted by molar-refractivity contribution is 8.00. The molecule has 0 saturated heterocycles. The lowest BCUT2D eigenvalue weighted by molar-refractivity contribution is -0.120. The number of hydrogen-bond acceptors (Lipinski definition) is 6. The van der Waals surface area contributed by atoms with Crippen molar-refractivity contribution in [3.8, 4) is 5.75 Å². The average Bonchev–Trinajstić information content (AvgIpc) is 2.66. The summed E-state index contributed by atoms with van der Waals surface area (Å²) in [6.45, 7) is 2.20. The molecule has 2 aromatic rings. The highest BCUT2D eigenvalue weighted by atomic mass is 32.2. The van der Waals surface area contributed by atoms with E-state index in [1.165, 1.54) is 38.1 Å². The Labute approximate surface area is 164 Å². The molecule has 1 heterocycles. The minimum absolute atomic E-state index is 0.119. The Bertz CT molecular complexity index is 866. The van der Waals surface area contributed by atoms with Crippen LogP contribution >= 0.6 is 11.8 Å². The van der Waals surface area contributed by atoms with E-state index in [-0.39, 0.29) is 16.1 Å². The molecule has 0 aliphatic carbocycles. The van der Waals surface area contributed by atoms with E-state index >= 15 is 0 Å². The van der Waals surface area contributed by atoms with Crippen LogP contribution in [0.2, 0.25) is 0 Å². The molecule has 0 radical (unpaired) electrons. The number of hydrogen-bond donors (Lipinski definition) is 1. The number of carbonyl (C=O) groups excluding carboxylic acids is 1. The number of pyridine rings is 1. The third-order valence-corrected chi connectivity index (χ3v) is 6.63. The van der Waals surface area contributed by atoms with Gasteiger partial charge in [-0.2, -0.15) is 0 Å². The van der Waals surface area contributed by atoms with Gasteiger partial charge in [0.15, 0.2) is 0 Å². The summed E-state index contributed by atoms with van der Waals surface area (Å²) >= 11 is 1.27. The molecule has 9 heteroatoms. The van der Waals surface area contributed by atoms with Gasteiger partial charge in [0.05, 0.1) is 17.4 Å². The zero-order valence-corrected chi connectivity index (χ0v) is 17.3. The SMILES string of the molecule is COc1ccc(CNC(=O)[C@H](C)Sc2ccc(S(=O)(=O)N(C)C)cn2)cc1. The van der Waals surface area contributed by atoms with Crippen molar-refractivity contribution < 1.29 is 17.9 Å². The van der Waals surface area contributed by atoms with E-state index in [0.717, 1.165) is 15.6 Å². The van der Waals surface area contributed by atoms with Crippen LogP contribution in [0.3, 0.4) is 0 Å². The normalized spacial score (nSPS) is 12.6. The highest BCUT2D eigenvalue weighted by Crippen LogP contribution is 2.23. The quantitative estimate of drug-likeness (QED) is 0.672. The number of sulfonamides is 1. The molecule has 0 bridgehead atoms. The molecule has 0 aliphatic heterocycles. The molecule has 1 atom stereocenters. The third-order valence-electron chi connectivity index (χ3n) is 3.78. The monoisotopic (exact) mass is 409 g/mol. The molecule has 27 heavy (non-hydrogen) atoms. The van der Waals surface area contributed by atoms with Crippen LogP contribution in [0.15, 0.2) is 52.5 Å². The van der Waals surface area contributed by atoms with Crippen LogP contribution in [-0.4, -0.2) is 50.1 Å². The Kier molecular flexibility index (Phi) is 7.23. The number of nitrogens with one attached hydrogen (secondary N) is 1. The Morgan fingerprint density at radius 2 is 1.89 bits per heavy atom. The summed E-state index contributed by atoms with van der Waals surface area (Å²) in [5.74, 6) is 0.641. The molecule has 1 amide bonds. The predicted molar refractivity (Wildman–Crippen MR) is 105 cm³/mol. The lowest BCUT2D eigenvalue weighted by Gasteiger charge is -2.13. The fraction of sp³-hybridized carbons (Fsp3) is 0.333. The van der Waals surface area contributed by atoms with Gasteiger partial charge < -0.3 is 10.1 Å². The lowest BCUT2D eigenvalue weighted by Crippen LogP contribution is -2.30. The number of benzene rings is 1. The smallest absolute Gasteiger partial charge is 0.244 e. The van der Waals surface area contributed by atoms with Crippen molar-refractivity contribution >= 4 is 27.7 Å². The molecular formula is C18H23N3O4S2. The number of ether oxygens (including phenoxy) is 1. The summed E-state index contributed by atoms with van der Waals surface area (Å²) in [6.07, 6.45) is 1.31. The predicted octanol–water partition coefficient (Wildman–Crippen LogP) is 2.14. The first-order valence-corrected chi connectivity index (χ1v) is 10.5. The van der Waals surface area contributed by atoms with Crippen LogP contribution in [-0.2, 0) is 21.4 Å². The molecule has 0 saturated carbocycles. The summed E-state index contributed by atoms with van der Waals surface area (Å²) in [5.41, 5.74) is 0.970. The number of amides is 1. The van der Waals surface area contributed by atoms with Crippen molar-refractivity contribution in [1.29, 1.82) is 0 Å². The zero-order chi connectivity index (χ0) is 20.0. The summed E-state index contributed by atoms with van der Waals surface area (Å²) in [5, 5.41) is 3.09. The van der Waals surface area contributed by atoms with Crippen molar-refractivity contribution in [3.63, 3.8) is 0 Å². The zero-order valence-electron chi connectivity index (χ0n) is 15.7. The number of methoxy groups -OCH3 is 1. The molecule has 2 rings (SSSR count). The van der Waals surface area contributed by atoms with Gasteiger partial charge in [0, 0.05) is 26.8 Å². The number of aromatic nitrogens is 1. The minimum Gasteiger partial charge on any atom is -0.497 e. The molecule has 1 aromatic heterocycles. The Hall–Kier alpha value is -2.10. The average molecular weight is 410 g/mol. The van der Waals surface area contributed by atoms with Crippen LogP contribution in [0.25, 0.3) is 0 Å². The van der Waals surface area contributed by atoms with Gasteiger partial charge in [0.25, 0.3) is 0 Å². The van der Waals surface area contributed by atoms with Crippen LogP contribution in [0, 0.1) is 0 Å². The molecule has 0 fully saturated rings. The van der Waals surface area contributed by atoms with Crippen LogP contribution in [0.4, 0.5) is 0 Å². The molecule has 0 unspecified atom stereocenters. The van der Waals surface area contributed by atoms with E-state index in [9.17, 15) is 13.2 Å². The van der Waals surface area contributed by atoms with Gasteiger partial charge in [0.1, 0.15) is 10.6 Å². The van der Waals surface area contributed by atoms with Gasteiger partial charge in [-0.3, -0.25) is 4.79 Å². The van der Waals surface area contributed by atoms with E-state index in [1.807, 2.05) is 24.3 Å². The van der Waals surface area contributed by atoms with Gasteiger partial charge in [-0.25, -0.2) is 17.7 Å². The van der Waals surface area contributed by atoms with E-state index in [1.54, 1.807) is 20.1 Å². The summed E-state index contributed by atoms with van der Waals surface area (Å²) in [6, 6.07) is 10.6. The Balaban J connectivity index is 1.91. The molecular weight excluding hydrogens is 386 g/mol. The van der Waals surface area contributed by atoms with Crippen molar-refractivity contribution in [2.45, 2.75) is 28.6 Å². The van der Waals surface area contributed by atoms with E-state index < -0.39 is 10.0 Å². The Morgan fingerprint density at radius 3 is 2.41 bits per heavy atom. The van der Waals surface area contributed by atoms with Gasteiger partial charge in [0.2, 0.25) is 15.9 Å². The Morgan fingerprint density at radius 1 is 1.22 bits per heavy atom. The van der Waals surface area contributed by atoms with Crippen molar-refractivity contribution in [3.05, 3.63) is 48.2 Å². The van der Waals surface area contributed by atoms with Crippen LogP contribution < -0.4 is 10.1 Å². The fourth-order valence-electron chi connectivity index (χ4n) is 2.11. The van der Waals surface area contributed by atoms with Crippen LogP contribution in [0.1, 0.15) is 12.5 Å². The molecule has 1 N–H and O–H groups in total. The number of carbonyl (C=O) groups is 1. The molecule has 1 aromatic carbocycles. The van der Waals surface area contributed by atoms with Gasteiger partial charge in [-0.15, -0.1) is 0 Å². The standard InChI is InChI=1S/C18H23N3O4S2/c1-13(18(22)20-11-14-5-7-15(25-4)8-6-14)26-17-10-9-16(12-19-17)27(23,24)21(2)3/h5-10,12-13H,11H2,1-4H3,(H,20,22)/t13-/m0/s1. The molecule has 0 aliphatic rings. The van der Waals surface area contributed by atoms with Gasteiger partial charge in [-0.1, -0.05) is 23.9 Å². The topological polar surface area (TPSA) is 88.6 Å². The van der Waals surface area contributed by atoms with E-state index in [2.05, 4.69) is 10.3 Å². The second-order valence-corrected chi connectivity index (χ2v) is 9.46. The second kappa shape index (κ2) is 9.20. The first-order chi connectivity index (χ1) is 12.7. The minimum atomic E-state index is -3.51. The molecule has 146 valence electrons. The lowest BCUT2D eigenvalue weighted by atomic mass is 10.2. The van der Waals surface area contributed by atoms with Crippen molar-refractivity contribution in [2.75, 3.05) is 21.2 Å².